The van der Waals surface area contributed by atoms with E-state index in [1.54, 1.807) is 6.07 Å². The van der Waals surface area contributed by atoms with E-state index in [9.17, 15) is 4.79 Å². The Hall–Kier alpha value is -1.10. The maximum Gasteiger partial charge on any atom is 0.238 e. The Morgan fingerprint density at radius 3 is 2.78 bits per heavy atom. The standard InChI is InChI=1S/C13H20ClN3O/c1-10-8-11(14)4-5-12(10)16-13(18)9-17(3)7-6-15-2/h4-5,8,15H,6-7,9H2,1-3H3,(H,16,18). The van der Waals surface area contributed by atoms with Crippen molar-refractivity contribution in [1.29, 1.82) is 0 Å². The zero-order chi connectivity index (χ0) is 13.5. The van der Waals surface area contributed by atoms with E-state index in [1.807, 2.05) is 38.1 Å². The van der Waals surface area contributed by atoms with Gasteiger partial charge in [-0.25, -0.2) is 0 Å². The van der Waals surface area contributed by atoms with Crippen LogP contribution < -0.4 is 10.6 Å². The lowest BCUT2D eigenvalue weighted by Gasteiger charge is -2.16. The van der Waals surface area contributed by atoms with Crippen LogP contribution in [0.3, 0.4) is 0 Å². The Morgan fingerprint density at radius 2 is 2.17 bits per heavy atom. The van der Waals surface area contributed by atoms with Gasteiger partial charge in [0.15, 0.2) is 0 Å². The molecule has 0 aromatic heterocycles. The first-order chi connectivity index (χ1) is 8.52. The van der Waals surface area contributed by atoms with Gasteiger partial charge in [0.25, 0.3) is 0 Å². The van der Waals surface area contributed by atoms with Gasteiger partial charge < -0.3 is 10.6 Å². The average Bonchev–Trinajstić information content (AvgIpc) is 2.30. The summed E-state index contributed by atoms with van der Waals surface area (Å²) >= 11 is 5.87. The van der Waals surface area contributed by atoms with Crippen molar-refractivity contribution in [2.75, 3.05) is 39.0 Å². The van der Waals surface area contributed by atoms with Crippen molar-refractivity contribution in [2.24, 2.45) is 0 Å². The minimum absolute atomic E-state index is 0.0148. The molecule has 0 spiro atoms. The molecule has 0 heterocycles. The second kappa shape index (κ2) is 7.36. The summed E-state index contributed by atoms with van der Waals surface area (Å²) in [5.74, 6) is -0.0148. The monoisotopic (exact) mass is 269 g/mol. The number of hydrogen-bond donors (Lipinski definition) is 2. The molecule has 0 aliphatic heterocycles. The van der Waals surface area contributed by atoms with Crippen molar-refractivity contribution >= 4 is 23.2 Å². The number of benzene rings is 1. The van der Waals surface area contributed by atoms with Crippen LogP contribution in [0.1, 0.15) is 5.56 Å². The summed E-state index contributed by atoms with van der Waals surface area (Å²) in [6.45, 7) is 4.00. The van der Waals surface area contributed by atoms with Crippen molar-refractivity contribution < 1.29 is 4.79 Å². The molecule has 1 amide bonds. The Bertz CT molecular complexity index is 409. The van der Waals surface area contributed by atoms with Crippen molar-refractivity contribution in [3.05, 3.63) is 28.8 Å². The van der Waals surface area contributed by atoms with E-state index >= 15 is 0 Å². The van der Waals surface area contributed by atoms with Crippen LogP contribution in [0.2, 0.25) is 5.02 Å². The number of aryl methyl sites for hydroxylation is 1. The first-order valence-electron chi connectivity index (χ1n) is 5.92. The molecule has 0 aliphatic carbocycles. The van der Waals surface area contributed by atoms with Crippen LogP contribution in [0.4, 0.5) is 5.69 Å². The maximum absolute atomic E-state index is 11.8. The molecule has 18 heavy (non-hydrogen) atoms. The first-order valence-corrected chi connectivity index (χ1v) is 6.30. The van der Waals surface area contributed by atoms with Gasteiger partial charge in [-0.15, -0.1) is 0 Å². The molecule has 0 unspecified atom stereocenters. The van der Waals surface area contributed by atoms with E-state index in [0.717, 1.165) is 24.3 Å². The Balaban J connectivity index is 2.49. The Morgan fingerprint density at radius 1 is 1.44 bits per heavy atom. The number of carbonyl (C=O) groups is 1. The predicted octanol–water partition coefficient (Wildman–Crippen LogP) is 1.74. The molecule has 100 valence electrons. The molecule has 4 nitrogen and oxygen atoms in total. The third kappa shape index (κ3) is 5.04. The van der Waals surface area contributed by atoms with Crippen molar-refractivity contribution in [2.45, 2.75) is 6.92 Å². The second-order valence-electron chi connectivity index (χ2n) is 4.35. The molecule has 0 saturated carbocycles. The molecule has 1 aromatic rings. The number of nitrogens with zero attached hydrogens (tertiary/aromatic N) is 1. The van der Waals surface area contributed by atoms with E-state index in [0.29, 0.717) is 11.6 Å². The normalized spacial score (nSPS) is 10.7. The van der Waals surface area contributed by atoms with Gasteiger partial charge in [-0.2, -0.15) is 0 Å². The number of nitrogens with one attached hydrogen (secondary N) is 2. The second-order valence-corrected chi connectivity index (χ2v) is 4.79. The summed E-state index contributed by atoms with van der Waals surface area (Å²) in [4.78, 5) is 13.8. The van der Waals surface area contributed by atoms with Crippen LogP contribution in [-0.4, -0.2) is 44.5 Å². The fraction of sp³-hybridized carbons (Fsp3) is 0.462. The Kier molecular flexibility index (Phi) is 6.12. The minimum Gasteiger partial charge on any atom is -0.325 e. The molecule has 1 rings (SSSR count). The van der Waals surface area contributed by atoms with Crippen LogP contribution in [0, 0.1) is 6.92 Å². The molecule has 0 fully saturated rings. The van der Waals surface area contributed by atoms with E-state index in [4.69, 9.17) is 11.6 Å². The van der Waals surface area contributed by atoms with Gasteiger partial charge in [-0.05, 0) is 44.8 Å². The van der Waals surface area contributed by atoms with Gasteiger partial charge in [0.1, 0.15) is 0 Å². The van der Waals surface area contributed by atoms with Crippen LogP contribution in [-0.2, 0) is 4.79 Å². The fourth-order valence-electron chi connectivity index (χ4n) is 1.58. The lowest BCUT2D eigenvalue weighted by molar-refractivity contribution is -0.117. The van der Waals surface area contributed by atoms with Crippen LogP contribution in [0.15, 0.2) is 18.2 Å². The van der Waals surface area contributed by atoms with Crippen LogP contribution in [0.5, 0.6) is 0 Å². The molecule has 2 N–H and O–H groups in total. The molecule has 0 bridgehead atoms. The molecular weight excluding hydrogens is 250 g/mol. The van der Waals surface area contributed by atoms with Crippen molar-refractivity contribution in [3.63, 3.8) is 0 Å². The third-order valence-electron chi connectivity index (χ3n) is 2.62. The summed E-state index contributed by atoms with van der Waals surface area (Å²) in [5, 5.41) is 6.61. The van der Waals surface area contributed by atoms with Crippen molar-refractivity contribution in [3.8, 4) is 0 Å². The number of anilines is 1. The molecule has 5 heteroatoms. The summed E-state index contributed by atoms with van der Waals surface area (Å²) in [5.41, 5.74) is 1.78. The minimum atomic E-state index is -0.0148. The predicted molar refractivity (Wildman–Crippen MR) is 76.2 cm³/mol. The third-order valence-corrected chi connectivity index (χ3v) is 2.85. The number of amides is 1. The highest BCUT2D eigenvalue weighted by Gasteiger charge is 2.08. The quantitative estimate of drug-likeness (QED) is 0.827. The van der Waals surface area contributed by atoms with E-state index in [1.165, 1.54) is 0 Å². The van der Waals surface area contributed by atoms with Crippen LogP contribution >= 0.6 is 11.6 Å². The summed E-state index contributed by atoms with van der Waals surface area (Å²) in [6, 6.07) is 5.43. The van der Waals surface area contributed by atoms with Crippen molar-refractivity contribution in [1.82, 2.24) is 10.2 Å². The van der Waals surface area contributed by atoms with Gasteiger partial charge in [0, 0.05) is 23.8 Å². The largest absolute Gasteiger partial charge is 0.325 e. The highest BCUT2D eigenvalue weighted by molar-refractivity contribution is 6.30. The number of rotatable bonds is 6. The van der Waals surface area contributed by atoms with Gasteiger partial charge in [0.2, 0.25) is 5.91 Å². The number of halogens is 1. The van der Waals surface area contributed by atoms with Crippen LogP contribution in [0.25, 0.3) is 0 Å². The summed E-state index contributed by atoms with van der Waals surface area (Å²) < 4.78 is 0. The Labute approximate surface area is 113 Å². The molecule has 0 aliphatic rings. The molecule has 1 aromatic carbocycles. The molecule has 0 atom stereocenters. The summed E-state index contributed by atoms with van der Waals surface area (Å²) in [6.07, 6.45) is 0. The van der Waals surface area contributed by atoms with Gasteiger partial charge in [-0.1, -0.05) is 11.6 Å². The highest BCUT2D eigenvalue weighted by atomic mass is 35.5. The SMILES string of the molecule is CNCCN(C)CC(=O)Nc1ccc(Cl)cc1C. The fourth-order valence-corrected chi connectivity index (χ4v) is 1.81. The zero-order valence-corrected chi connectivity index (χ0v) is 11.8. The van der Waals surface area contributed by atoms with Gasteiger partial charge in [-0.3, -0.25) is 9.69 Å². The first kappa shape index (κ1) is 15.0. The van der Waals surface area contributed by atoms with Gasteiger partial charge >= 0.3 is 0 Å². The molecule has 0 radical (unpaired) electrons. The zero-order valence-electron chi connectivity index (χ0n) is 11.1. The van der Waals surface area contributed by atoms with E-state index in [-0.39, 0.29) is 5.91 Å². The average molecular weight is 270 g/mol. The number of hydrogen-bond acceptors (Lipinski definition) is 3. The molecule has 0 saturated heterocycles. The highest BCUT2D eigenvalue weighted by Crippen LogP contribution is 2.19. The number of likely N-dealkylation sites (N-methyl/N-ethyl adjacent to an activating group) is 2. The van der Waals surface area contributed by atoms with E-state index < -0.39 is 0 Å². The lowest BCUT2D eigenvalue weighted by Crippen LogP contribution is -2.34. The van der Waals surface area contributed by atoms with E-state index in [2.05, 4.69) is 10.6 Å². The maximum atomic E-state index is 11.8. The topological polar surface area (TPSA) is 44.4 Å². The lowest BCUT2D eigenvalue weighted by atomic mass is 10.2. The number of carbonyl (C=O) groups excluding carboxylic acids is 1. The smallest absolute Gasteiger partial charge is 0.238 e. The summed E-state index contributed by atoms with van der Waals surface area (Å²) in [7, 11) is 3.82. The van der Waals surface area contributed by atoms with Gasteiger partial charge in [0.05, 0.1) is 6.54 Å². The molecular formula is C13H20ClN3O.